The van der Waals surface area contributed by atoms with Gasteiger partial charge in [-0.2, -0.15) is 15.1 Å². The second-order valence-corrected chi connectivity index (χ2v) is 7.35. The van der Waals surface area contributed by atoms with E-state index in [2.05, 4.69) is 54.4 Å². The lowest BCUT2D eigenvalue weighted by atomic mass is 10.1. The number of H-pyrrole nitrogens is 1. The Hall–Kier alpha value is -2.78. The second kappa shape index (κ2) is 9.15. The number of hydrogen-bond acceptors (Lipinski definition) is 8. The largest absolute Gasteiger partial charge is 0.463 e. The highest BCUT2D eigenvalue weighted by Crippen LogP contribution is 2.23. The lowest BCUT2D eigenvalue weighted by Crippen LogP contribution is -2.42. The zero-order valence-corrected chi connectivity index (χ0v) is 16.8. The fourth-order valence-electron chi connectivity index (χ4n) is 3.40. The first-order valence-electron chi connectivity index (χ1n) is 10.2. The summed E-state index contributed by atoms with van der Waals surface area (Å²) < 4.78 is 5.63. The molecular weight excluding hydrogens is 368 g/mol. The number of nitrogens with two attached hydrogens (primary N) is 1. The Balaban J connectivity index is 1.46. The van der Waals surface area contributed by atoms with Crippen LogP contribution in [0.3, 0.4) is 0 Å². The zero-order chi connectivity index (χ0) is 20.1. The number of fused-ring (bicyclic) bond motifs is 1. The van der Waals surface area contributed by atoms with E-state index in [4.69, 9.17) is 10.5 Å². The minimum Gasteiger partial charge on any atom is -0.463 e. The highest BCUT2D eigenvalue weighted by molar-refractivity contribution is 5.86. The summed E-state index contributed by atoms with van der Waals surface area (Å²) >= 11 is 0. The molecule has 9 heteroatoms. The van der Waals surface area contributed by atoms with Gasteiger partial charge in [0.15, 0.2) is 5.82 Å². The van der Waals surface area contributed by atoms with Crippen LogP contribution in [0.25, 0.3) is 11.0 Å². The van der Waals surface area contributed by atoms with Gasteiger partial charge in [0.25, 0.3) is 0 Å². The molecule has 1 aliphatic rings. The molecule has 0 aliphatic carbocycles. The molecule has 4 heterocycles. The van der Waals surface area contributed by atoms with Gasteiger partial charge in [0, 0.05) is 51.0 Å². The van der Waals surface area contributed by atoms with Crippen molar-refractivity contribution in [1.29, 1.82) is 0 Å². The quantitative estimate of drug-likeness (QED) is 0.490. The predicted molar refractivity (Wildman–Crippen MR) is 112 cm³/mol. The Morgan fingerprint density at radius 2 is 2.07 bits per heavy atom. The molecule has 0 amide bonds. The number of piperazine rings is 1. The SMILES string of the molecule is CCCCOc1nc(N)c2[nH]nc(Cc3ccc(CN4CCNCC4)cn3)c2n1. The summed E-state index contributed by atoms with van der Waals surface area (Å²) in [5.74, 6) is 0.347. The normalized spacial score (nSPS) is 15.1. The van der Waals surface area contributed by atoms with Crippen LogP contribution < -0.4 is 15.8 Å². The Morgan fingerprint density at radius 3 is 2.83 bits per heavy atom. The Morgan fingerprint density at radius 1 is 1.21 bits per heavy atom. The van der Waals surface area contributed by atoms with E-state index in [1.165, 1.54) is 5.56 Å². The molecule has 0 bridgehead atoms. The summed E-state index contributed by atoms with van der Waals surface area (Å²) in [6, 6.07) is 4.49. The molecule has 0 saturated carbocycles. The number of aromatic nitrogens is 5. The summed E-state index contributed by atoms with van der Waals surface area (Å²) in [7, 11) is 0. The van der Waals surface area contributed by atoms with Gasteiger partial charge in [-0.05, 0) is 18.1 Å². The van der Waals surface area contributed by atoms with Crippen molar-refractivity contribution in [2.45, 2.75) is 32.7 Å². The number of ether oxygens (including phenoxy) is 1. The first-order chi connectivity index (χ1) is 14.2. The van der Waals surface area contributed by atoms with E-state index in [0.29, 0.717) is 35.9 Å². The third-order valence-corrected chi connectivity index (χ3v) is 5.07. The third-order valence-electron chi connectivity index (χ3n) is 5.07. The maximum atomic E-state index is 6.05. The maximum absolute atomic E-state index is 6.05. The molecule has 9 nitrogen and oxygen atoms in total. The number of nitrogens with one attached hydrogen (secondary N) is 2. The number of rotatable bonds is 8. The average molecular weight is 396 g/mol. The first-order valence-corrected chi connectivity index (χ1v) is 10.2. The molecule has 0 radical (unpaired) electrons. The smallest absolute Gasteiger partial charge is 0.319 e. The van der Waals surface area contributed by atoms with E-state index in [1.807, 2.05) is 6.20 Å². The van der Waals surface area contributed by atoms with Crippen molar-refractivity contribution < 1.29 is 4.74 Å². The maximum Gasteiger partial charge on any atom is 0.319 e. The summed E-state index contributed by atoms with van der Waals surface area (Å²) in [6.45, 7) is 7.86. The molecule has 4 rings (SSSR count). The summed E-state index contributed by atoms with van der Waals surface area (Å²) in [6.07, 6.45) is 4.52. The number of anilines is 1. The summed E-state index contributed by atoms with van der Waals surface area (Å²) in [4.78, 5) is 15.8. The molecule has 0 spiro atoms. The summed E-state index contributed by atoms with van der Waals surface area (Å²) in [5, 5.41) is 10.7. The molecule has 29 heavy (non-hydrogen) atoms. The van der Waals surface area contributed by atoms with Gasteiger partial charge in [-0.15, -0.1) is 0 Å². The summed E-state index contributed by atoms with van der Waals surface area (Å²) in [5.41, 5.74) is 10.3. The molecular formula is C20H28N8O. The molecule has 0 aromatic carbocycles. The van der Waals surface area contributed by atoms with Gasteiger partial charge >= 0.3 is 6.01 Å². The van der Waals surface area contributed by atoms with E-state index in [-0.39, 0.29) is 0 Å². The molecule has 1 fully saturated rings. The standard InChI is InChI=1S/C20H28N8O/c1-2-3-10-29-20-24-17-16(26-27-18(17)19(21)25-20)11-15-5-4-14(12-23-15)13-28-8-6-22-7-9-28/h4-5,12,22H,2-3,6-11,13H2,1H3,(H,26,27)(H2,21,24,25). The molecule has 3 aromatic heterocycles. The third kappa shape index (κ3) is 4.80. The minimum atomic E-state index is 0.297. The van der Waals surface area contributed by atoms with Crippen LogP contribution in [0.5, 0.6) is 6.01 Å². The van der Waals surface area contributed by atoms with E-state index in [1.54, 1.807) is 0 Å². The fraction of sp³-hybridized carbons (Fsp3) is 0.500. The minimum absolute atomic E-state index is 0.297. The van der Waals surface area contributed by atoms with E-state index < -0.39 is 0 Å². The van der Waals surface area contributed by atoms with Crippen LogP contribution in [0.2, 0.25) is 0 Å². The number of unbranched alkanes of at least 4 members (excludes halogenated alkanes) is 1. The average Bonchev–Trinajstić information content (AvgIpc) is 3.14. The molecule has 0 unspecified atom stereocenters. The van der Waals surface area contributed by atoms with Crippen LogP contribution in [-0.4, -0.2) is 62.8 Å². The van der Waals surface area contributed by atoms with Gasteiger partial charge in [-0.25, -0.2) is 0 Å². The Bertz CT molecular complexity index is 934. The van der Waals surface area contributed by atoms with Crippen molar-refractivity contribution in [1.82, 2.24) is 35.4 Å². The van der Waals surface area contributed by atoms with Crippen molar-refractivity contribution in [2.24, 2.45) is 0 Å². The highest BCUT2D eigenvalue weighted by Gasteiger charge is 2.15. The zero-order valence-electron chi connectivity index (χ0n) is 16.8. The molecule has 3 aromatic rings. The Kier molecular flexibility index (Phi) is 6.16. The lowest BCUT2D eigenvalue weighted by Gasteiger charge is -2.27. The van der Waals surface area contributed by atoms with E-state index >= 15 is 0 Å². The van der Waals surface area contributed by atoms with Gasteiger partial charge in [0.05, 0.1) is 12.3 Å². The van der Waals surface area contributed by atoms with Crippen molar-refractivity contribution in [3.05, 3.63) is 35.3 Å². The lowest BCUT2D eigenvalue weighted by molar-refractivity contribution is 0.233. The van der Waals surface area contributed by atoms with Gasteiger partial charge in [0.1, 0.15) is 11.0 Å². The molecule has 154 valence electrons. The molecule has 4 N–H and O–H groups in total. The van der Waals surface area contributed by atoms with E-state index in [9.17, 15) is 0 Å². The monoisotopic (exact) mass is 396 g/mol. The second-order valence-electron chi connectivity index (χ2n) is 7.35. The van der Waals surface area contributed by atoms with Crippen LogP contribution in [0.1, 0.15) is 36.7 Å². The predicted octanol–water partition coefficient (Wildman–Crippen LogP) is 1.51. The van der Waals surface area contributed by atoms with Crippen molar-refractivity contribution in [2.75, 3.05) is 38.5 Å². The van der Waals surface area contributed by atoms with Gasteiger partial charge < -0.3 is 15.8 Å². The topological polar surface area (TPSA) is 118 Å². The molecule has 0 atom stereocenters. The van der Waals surface area contributed by atoms with Crippen LogP contribution in [0, 0.1) is 0 Å². The number of nitrogens with zero attached hydrogens (tertiary/aromatic N) is 5. The number of hydrogen-bond donors (Lipinski definition) is 3. The van der Waals surface area contributed by atoms with Gasteiger partial charge in [-0.1, -0.05) is 19.4 Å². The number of aromatic amines is 1. The van der Waals surface area contributed by atoms with Gasteiger partial charge in [-0.3, -0.25) is 15.0 Å². The van der Waals surface area contributed by atoms with Crippen molar-refractivity contribution in [3.8, 4) is 6.01 Å². The van der Waals surface area contributed by atoms with Crippen molar-refractivity contribution in [3.63, 3.8) is 0 Å². The van der Waals surface area contributed by atoms with Crippen LogP contribution >= 0.6 is 0 Å². The van der Waals surface area contributed by atoms with Crippen LogP contribution in [0.15, 0.2) is 18.3 Å². The fourth-order valence-corrected chi connectivity index (χ4v) is 3.40. The number of pyridine rings is 1. The van der Waals surface area contributed by atoms with Crippen LogP contribution in [0.4, 0.5) is 5.82 Å². The highest BCUT2D eigenvalue weighted by atomic mass is 16.5. The number of nitrogen functional groups attached to an aromatic ring is 1. The molecule has 1 aliphatic heterocycles. The van der Waals surface area contributed by atoms with Crippen molar-refractivity contribution >= 4 is 16.9 Å². The molecule has 1 saturated heterocycles. The van der Waals surface area contributed by atoms with Crippen LogP contribution in [-0.2, 0) is 13.0 Å². The van der Waals surface area contributed by atoms with Gasteiger partial charge in [0.2, 0.25) is 0 Å². The Labute approximate surface area is 170 Å². The van der Waals surface area contributed by atoms with E-state index in [0.717, 1.165) is 57.0 Å². The first kappa shape index (κ1) is 19.5.